The summed E-state index contributed by atoms with van der Waals surface area (Å²) < 4.78 is 0. The van der Waals surface area contributed by atoms with Gasteiger partial charge >= 0.3 is 5.97 Å². The Hall–Kier alpha value is -2.06. The number of nitriles is 1. The predicted molar refractivity (Wildman–Crippen MR) is 78.7 cm³/mol. The van der Waals surface area contributed by atoms with Crippen molar-refractivity contribution < 1.29 is 9.90 Å². The second kappa shape index (κ2) is 7.51. The topological polar surface area (TPSA) is 67.6 Å². The van der Waals surface area contributed by atoms with Crippen LogP contribution in [0.5, 0.6) is 0 Å². The summed E-state index contributed by atoms with van der Waals surface area (Å²) in [5.74, 6) is -1.31. The van der Waals surface area contributed by atoms with Crippen molar-refractivity contribution in [3.8, 4) is 6.07 Å². The number of carboxylic acids is 1. The molecule has 1 unspecified atom stereocenters. The highest BCUT2D eigenvalue weighted by Gasteiger charge is 2.18. The molecule has 1 aromatic carbocycles. The molecule has 1 aromatic rings. The van der Waals surface area contributed by atoms with Crippen LogP contribution in [0.1, 0.15) is 12.5 Å². The largest absolute Gasteiger partial charge is 0.481 e. The van der Waals surface area contributed by atoms with Gasteiger partial charge in [-0.15, -0.1) is 0 Å². The van der Waals surface area contributed by atoms with E-state index in [1.165, 1.54) is 0 Å². The van der Waals surface area contributed by atoms with Gasteiger partial charge in [-0.3, -0.25) is 4.79 Å². The zero-order chi connectivity index (χ0) is 15.1. The van der Waals surface area contributed by atoms with Gasteiger partial charge in [-0.05, 0) is 26.2 Å². The molecular weight excluding hydrogens is 254 g/mol. The van der Waals surface area contributed by atoms with Gasteiger partial charge in [-0.25, -0.2) is 0 Å². The van der Waals surface area contributed by atoms with Crippen molar-refractivity contribution in [2.75, 3.05) is 38.6 Å². The number of nitrogens with zero attached hydrogens (tertiary/aromatic N) is 3. The molecule has 0 aliphatic carbocycles. The van der Waals surface area contributed by atoms with Gasteiger partial charge in [0.25, 0.3) is 0 Å². The monoisotopic (exact) mass is 275 g/mol. The van der Waals surface area contributed by atoms with Crippen molar-refractivity contribution in [1.82, 2.24) is 4.90 Å². The Bertz CT molecular complexity index is 494. The van der Waals surface area contributed by atoms with Crippen molar-refractivity contribution in [3.63, 3.8) is 0 Å². The van der Waals surface area contributed by atoms with Crippen LogP contribution in [0.15, 0.2) is 24.3 Å². The Morgan fingerprint density at radius 3 is 2.55 bits per heavy atom. The minimum atomic E-state index is -0.825. The number of anilines is 1. The summed E-state index contributed by atoms with van der Waals surface area (Å²) >= 11 is 0. The maximum atomic E-state index is 11.1. The zero-order valence-electron chi connectivity index (χ0n) is 12.2. The van der Waals surface area contributed by atoms with Crippen LogP contribution in [0, 0.1) is 17.2 Å². The van der Waals surface area contributed by atoms with Gasteiger partial charge in [0.05, 0.1) is 17.2 Å². The first kappa shape index (κ1) is 16.0. The standard InChI is InChI=1S/C15H21N3O2/c1-12(15(19)20)11-18(9-8-17(2)3)14-7-5-4-6-13(14)10-16/h4-7,12H,8-9,11H2,1-3H3,(H,19,20). The van der Waals surface area contributed by atoms with E-state index in [0.717, 1.165) is 12.2 Å². The normalized spacial score (nSPS) is 11.9. The van der Waals surface area contributed by atoms with Crippen LogP contribution in [-0.4, -0.2) is 49.7 Å². The highest BCUT2D eigenvalue weighted by Crippen LogP contribution is 2.20. The number of rotatable bonds is 7. The van der Waals surface area contributed by atoms with Crippen LogP contribution < -0.4 is 4.90 Å². The fourth-order valence-electron chi connectivity index (χ4n) is 1.88. The number of hydrogen-bond acceptors (Lipinski definition) is 4. The molecule has 20 heavy (non-hydrogen) atoms. The van der Waals surface area contributed by atoms with E-state index in [9.17, 15) is 10.1 Å². The third-order valence-corrected chi connectivity index (χ3v) is 3.10. The molecule has 0 radical (unpaired) electrons. The first-order chi connectivity index (χ1) is 9.45. The molecule has 5 heteroatoms. The zero-order valence-corrected chi connectivity index (χ0v) is 12.2. The van der Waals surface area contributed by atoms with E-state index in [1.54, 1.807) is 13.0 Å². The molecule has 0 spiro atoms. The van der Waals surface area contributed by atoms with Crippen LogP contribution in [0.4, 0.5) is 5.69 Å². The predicted octanol–water partition coefficient (Wildman–Crippen LogP) is 1.65. The summed E-state index contributed by atoms with van der Waals surface area (Å²) in [4.78, 5) is 15.1. The fraction of sp³-hybridized carbons (Fsp3) is 0.467. The Kier molecular flexibility index (Phi) is 6.01. The smallest absolute Gasteiger partial charge is 0.308 e. The highest BCUT2D eigenvalue weighted by atomic mass is 16.4. The quantitative estimate of drug-likeness (QED) is 0.819. The molecule has 108 valence electrons. The van der Waals surface area contributed by atoms with E-state index in [1.807, 2.05) is 42.1 Å². The summed E-state index contributed by atoms with van der Waals surface area (Å²) in [7, 11) is 3.93. The van der Waals surface area contributed by atoms with Crippen molar-refractivity contribution in [2.45, 2.75) is 6.92 Å². The molecule has 0 aromatic heterocycles. The summed E-state index contributed by atoms with van der Waals surface area (Å²) in [5, 5.41) is 18.3. The molecule has 1 atom stereocenters. The molecule has 5 nitrogen and oxygen atoms in total. The number of benzene rings is 1. The fourth-order valence-corrected chi connectivity index (χ4v) is 1.88. The van der Waals surface area contributed by atoms with Crippen molar-refractivity contribution in [2.24, 2.45) is 5.92 Å². The van der Waals surface area contributed by atoms with Crippen LogP contribution in [0.2, 0.25) is 0 Å². The van der Waals surface area contributed by atoms with Crippen LogP contribution in [0.25, 0.3) is 0 Å². The number of aliphatic carboxylic acids is 1. The van der Waals surface area contributed by atoms with Gasteiger partial charge in [0, 0.05) is 19.6 Å². The Morgan fingerprint density at radius 2 is 2.00 bits per heavy atom. The minimum absolute atomic E-state index is 0.391. The number of hydrogen-bond donors (Lipinski definition) is 1. The first-order valence-corrected chi connectivity index (χ1v) is 6.57. The van der Waals surface area contributed by atoms with Crippen molar-refractivity contribution >= 4 is 11.7 Å². The van der Waals surface area contributed by atoms with Gasteiger partial charge < -0.3 is 14.9 Å². The summed E-state index contributed by atoms with van der Waals surface area (Å²) in [6, 6.07) is 9.46. The average molecular weight is 275 g/mol. The molecule has 1 N–H and O–H groups in total. The molecule has 0 heterocycles. The van der Waals surface area contributed by atoms with E-state index < -0.39 is 11.9 Å². The van der Waals surface area contributed by atoms with E-state index in [4.69, 9.17) is 5.11 Å². The number of carboxylic acid groups (broad SMARTS) is 1. The second-order valence-corrected chi connectivity index (χ2v) is 5.12. The molecular formula is C15H21N3O2. The SMILES string of the molecule is CC(CN(CCN(C)C)c1ccccc1C#N)C(=O)O. The molecule has 0 aliphatic rings. The van der Waals surface area contributed by atoms with E-state index in [2.05, 4.69) is 6.07 Å². The number of para-hydroxylation sites is 1. The number of carbonyl (C=O) groups is 1. The van der Waals surface area contributed by atoms with Crippen molar-refractivity contribution in [3.05, 3.63) is 29.8 Å². The number of likely N-dealkylation sites (N-methyl/N-ethyl adjacent to an activating group) is 1. The van der Waals surface area contributed by atoms with Crippen LogP contribution in [0.3, 0.4) is 0 Å². The third kappa shape index (κ3) is 4.56. The van der Waals surface area contributed by atoms with E-state index in [-0.39, 0.29) is 0 Å². The Labute approximate surface area is 120 Å². The lowest BCUT2D eigenvalue weighted by Gasteiger charge is -2.28. The third-order valence-electron chi connectivity index (χ3n) is 3.10. The molecule has 0 saturated carbocycles. The molecule has 0 saturated heterocycles. The molecule has 0 fully saturated rings. The lowest BCUT2D eigenvalue weighted by Crippen LogP contribution is -2.37. The molecule has 0 amide bonds. The minimum Gasteiger partial charge on any atom is -0.481 e. The summed E-state index contributed by atoms with van der Waals surface area (Å²) in [6.45, 7) is 3.55. The molecule has 0 aliphatic heterocycles. The van der Waals surface area contributed by atoms with Gasteiger partial charge in [-0.2, -0.15) is 5.26 Å². The van der Waals surface area contributed by atoms with E-state index in [0.29, 0.717) is 18.7 Å². The van der Waals surface area contributed by atoms with Crippen LogP contribution in [-0.2, 0) is 4.79 Å². The highest BCUT2D eigenvalue weighted by molar-refractivity contribution is 5.71. The second-order valence-electron chi connectivity index (χ2n) is 5.12. The maximum Gasteiger partial charge on any atom is 0.308 e. The first-order valence-electron chi connectivity index (χ1n) is 6.57. The van der Waals surface area contributed by atoms with Gasteiger partial charge in [0.1, 0.15) is 6.07 Å². The average Bonchev–Trinajstić information content (AvgIpc) is 2.42. The maximum absolute atomic E-state index is 11.1. The lowest BCUT2D eigenvalue weighted by molar-refractivity contribution is -0.140. The summed E-state index contributed by atoms with van der Waals surface area (Å²) in [6.07, 6.45) is 0. The molecule has 0 bridgehead atoms. The Morgan fingerprint density at radius 1 is 1.35 bits per heavy atom. The Balaban J connectivity index is 2.97. The van der Waals surface area contributed by atoms with Crippen molar-refractivity contribution in [1.29, 1.82) is 5.26 Å². The van der Waals surface area contributed by atoms with Crippen LogP contribution >= 0.6 is 0 Å². The lowest BCUT2D eigenvalue weighted by atomic mass is 10.1. The summed E-state index contributed by atoms with van der Waals surface area (Å²) in [5.41, 5.74) is 1.37. The van der Waals surface area contributed by atoms with Gasteiger partial charge in [0.15, 0.2) is 0 Å². The van der Waals surface area contributed by atoms with Gasteiger partial charge in [0.2, 0.25) is 0 Å². The van der Waals surface area contributed by atoms with E-state index >= 15 is 0 Å². The molecule has 1 rings (SSSR count). The van der Waals surface area contributed by atoms with Gasteiger partial charge in [-0.1, -0.05) is 19.1 Å².